The Morgan fingerprint density at radius 2 is 2.07 bits per heavy atom. The van der Waals surface area contributed by atoms with Crippen molar-refractivity contribution in [1.82, 2.24) is 10.6 Å². The second-order valence-electron chi connectivity index (χ2n) is 3.05. The minimum atomic E-state index is -0.238. The lowest BCUT2D eigenvalue weighted by Gasteiger charge is -2.09. The third kappa shape index (κ3) is 5.53. The van der Waals surface area contributed by atoms with Gasteiger partial charge in [-0.3, -0.25) is 9.59 Å². The third-order valence-corrected chi connectivity index (χ3v) is 1.86. The first-order valence-electron chi connectivity index (χ1n) is 4.61. The van der Waals surface area contributed by atoms with Crippen LogP contribution in [0, 0.1) is 5.92 Å². The number of ether oxygens (including phenoxy) is 1. The first-order chi connectivity index (χ1) is 6.61. The average molecular weight is 202 g/mol. The summed E-state index contributed by atoms with van der Waals surface area (Å²) in [5.41, 5.74) is 0. The molecule has 0 saturated carbocycles. The normalized spacial score (nSPS) is 11.9. The fourth-order valence-corrected chi connectivity index (χ4v) is 0.930. The topological polar surface area (TPSA) is 67.4 Å². The van der Waals surface area contributed by atoms with Gasteiger partial charge in [0.05, 0.1) is 13.0 Å². The number of esters is 1. The molecule has 0 saturated heterocycles. The van der Waals surface area contributed by atoms with Crippen LogP contribution in [0.5, 0.6) is 0 Å². The Bertz CT molecular complexity index is 194. The quantitative estimate of drug-likeness (QED) is 0.451. The Labute approximate surface area is 84.2 Å². The SMILES string of the molecule is CNC(=O)CCNCC(C)C(=O)OC. The monoisotopic (exact) mass is 202 g/mol. The van der Waals surface area contributed by atoms with Crippen molar-refractivity contribution in [3.63, 3.8) is 0 Å². The highest BCUT2D eigenvalue weighted by Crippen LogP contribution is 1.94. The maximum absolute atomic E-state index is 11.0. The van der Waals surface area contributed by atoms with Gasteiger partial charge in [-0.2, -0.15) is 0 Å². The molecule has 0 aromatic carbocycles. The van der Waals surface area contributed by atoms with Gasteiger partial charge in [-0.15, -0.1) is 0 Å². The summed E-state index contributed by atoms with van der Waals surface area (Å²) in [5, 5.41) is 5.52. The first kappa shape index (κ1) is 12.9. The van der Waals surface area contributed by atoms with Crippen LogP contribution in [0.1, 0.15) is 13.3 Å². The summed E-state index contributed by atoms with van der Waals surface area (Å²) in [4.78, 5) is 21.8. The van der Waals surface area contributed by atoms with E-state index >= 15 is 0 Å². The number of hydrogen-bond acceptors (Lipinski definition) is 4. The second kappa shape index (κ2) is 7.32. The average Bonchev–Trinajstić information content (AvgIpc) is 2.22. The largest absolute Gasteiger partial charge is 0.469 e. The Kier molecular flexibility index (Phi) is 6.74. The van der Waals surface area contributed by atoms with Gasteiger partial charge in [0, 0.05) is 26.6 Å². The van der Waals surface area contributed by atoms with Gasteiger partial charge in [0.15, 0.2) is 0 Å². The number of hydrogen-bond donors (Lipinski definition) is 2. The van der Waals surface area contributed by atoms with Crippen molar-refractivity contribution in [2.75, 3.05) is 27.2 Å². The molecule has 0 radical (unpaired) electrons. The van der Waals surface area contributed by atoms with E-state index < -0.39 is 0 Å². The highest BCUT2D eigenvalue weighted by atomic mass is 16.5. The molecule has 0 aromatic rings. The number of carbonyl (C=O) groups is 2. The molecule has 82 valence electrons. The fourth-order valence-electron chi connectivity index (χ4n) is 0.930. The molecule has 5 nitrogen and oxygen atoms in total. The zero-order valence-electron chi connectivity index (χ0n) is 8.92. The standard InChI is InChI=1S/C9H18N2O3/c1-7(9(13)14-3)6-11-5-4-8(12)10-2/h7,11H,4-6H2,1-3H3,(H,10,12). The van der Waals surface area contributed by atoms with Crippen LogP contribution in [0.15, 0.2) is 0 Å². The summed E-state index contributed by atoms with van der Waals surface area (Å²) in [6.07, 6.45) is 0.421. The number of methoxy groups -OCH3 is 1. The maximum Gasteiger partial charge on any atom is 0.309 e. The molecule has 0 aliphatic carbocycles. The van der Waals surface area contributed by atoms with E-state index in [1.54, 1.807) is 14.0 Å². The summed E-state index contributed by atoms with van der Waals surface area (Å²) in [5.74, 6) is -0.426. The lowest BCUT2D eigenvalue weighted by molar-refractivity contribution is -0.144. The summed E-state index contributed by atoms with van der Waals surface area (Å²) in [7, 11) is 2.96. The summed E-state index contributed by atoms with van der Waals surface area (Å²) in [6, 6.07) is 0. The highest BCUT2D eigenvalue weighted by molar-refractivity contribution is 5.75. The molecule has 1 amide bonds. The van der Waals surface area contributed by atoms with E-state index in [0.717, 1.165) is 0 Å². The van der Waals surface area contributed by atoms with Gasteiger partial charge in [0.25, 0.3) is 0 Å². The molecule has 14 heavy (non-hydrogen) atoms. The number of nitrogens with one attached hydrogen (secondary N) is 2. The zero-order valence-corrected chi connectivity index (χ0v) is 8.92. The number of rotatable bonds is 6. The highest BCUT2D eigenvalue weighted by Gasteiger charge is 2.11. The lowest BCUT2D eigenvalue weighted by atomic mass is 10.2. The molecule has 0 aromatic heterocycles. The summed E-state index contributed by atoms with van der Waals surface area (Å²) < 4.78 is 4.55. The molecule has 0 aliphatic heterocycles. The van der Waals surface area contributed by atoms with Gasteiger partial charge < -0.3 is 15.4 Å². The van der Waals surface area contributed by atoms with Crippen LogP contribution < -0.4 is 10.6 Å². The summed E-state index contributed by atoms with van der Waals surface area (Å²) >= 11 is 0. The smallest absolute Gasteiger partial charge is 0.309 e. The van der Waals surface area contributed by atoms with Gasteiger partial charge in [-0.05, 0) is 0 Å². The molecule has 0 rings (SSSR count). The molecule has 0 heterocycles. The molecule has 0 spiro atoms. The second-order valence-corrected chi connectivity index (χ2v) is 3.05. The number of amides is 1. The van der Waals surface area contributed by atoms with E-state index in [9.17, 15) is 9.59 Å². The molecule has 1 unspecified atom stereocenters. The summed E-state index contributed by atoms with van der Waals surface area (Å²) in [6.45, 7) is 2.88. The van der Waals surface area contributed by atoms with Gasteiger partial charge in [0.1, 0.15) is 0 Å². The van der Waals surface area contributed by atoms with Crippen LogP contribution in [0.3, 0.4) is 0 Å². The van der Waals surface area contributed by atoms with Crippen molar-refractivity contribution < 1.29 is 14.3 Å². The van der Waals surface area contributed by atoms with E-state index in [4.69, 9.17) is 0 Å². The van der Waals surface area contributed by atoms with Crippen LogP contribution in [0.4, 0.5) is 0 Å². The van der Waals surface area contributed by atoms with Crippen molar-refractivity contribution in [1.29, 1.82) is 0 Å². The molecular weight excluding hydrogens is 184 g/mol. The Morgan fingerprint density at radius 3 is 2.57 bits per heavy atom. The van der Waals surface area contributed by atoms with E-state index in [-0.39, 0.29) is 17.8 Å². The molecule has 0 bridgehead atoms. The Hall–Kier alpha value is -1.10. The minimum Gasteiger partial charge on any atom is -0.469 e. The number of carbonyl (C=O) groups excluding carboxylic acids is 2. The molecule has 0 aliphatic rings. The predicted molar refractivity (Wildman–Crippen MR) is 52.7 cm³/mol. The molecule has 2 N–H and O–H groups in total. The van der Waals surface area contributed by atoms with Crippen LogP contribution in [-0.2, 0) is 14.3 Å². The maximum atomic E-state index is 11.0. The van der Waals surface area contributed by atoms with E-state index in [0.29, 0.717) is 19.5 Å². The third-order valence-electron chi connectivity index (χ3n) is 1.86. The van der Waals surface area contributed by atoms with Crippen molar-refractivity contribution in [2.45, 2.75) is 13.3 Å². The first-order valence-corrected chi connectivity index (χ1v) is 4.61. The van der Waals surface area contributed by atoms with Crippen LogP contribution in [0.2, 0.25) is 0 Å². The Balaban J connectivity index is 3.45. The van der Waals surface area contributed by atoms with Crippen molar-refractivity contribution in [2.24, 2.45) is 5.92 Å². The Morgan fingerprint density at radius 1 is 1.43 bits per heavy atom. The van der Waals surface area contributed by atoms with Gasteiger partial charge in [0.2, 0.25) is 5.91 Å². The van der Waals surface area contributed by atoms with Gasteiger partial charge in [-0.25, -0.2) is 0 Å². The fraction of sp³-hybridized carbons (Fsp3) is 0.778. The predicted octanol–water partition coefficient (Wildman–Crippen LogP) is -0.479. The van der Waals surface area contributed by atoms with Gasteiger partial charge in [-0.1, -0.05) is 6.92 Å². The molecule has 1 atom stereocenters. The lowest BCUT2D eigenvalue weighted by Crippen LogP contribution is -2.30. The van der Waals surface area contributed by atoms with Crippen molar-refractivity contribution in [3.8, 4) is 0 Å². The minimum absolute atomic E-state index is 0.0109. The molecule has 5 heteroatoms. The van der Waals surface area contributed by atoms with E-state index in [1.165, 1.54) is 7.11 Å². The van der Waals surface area contributed by atoms with Gasteiger partial charge >= 0.3 is 5.97 Å². The van der Waals surface area contributed by atoms with Crippen molar-refractivity contribution >= 4 is 11.9 Å². The van der Waals surface area contributed by atoms with E-state index in [1.807, 2.05) is 0 Å². The van der Waals surface area contributed by atoms with Crippen molar-refractivity contribution in [3.05, 3.63) is 0 Å². The molecule has 0 fully saturated rings. The molecular formula is C9H18N2O3. The zero-order chi connectivity index (χ0) is 11.0. The van der Waals surface area contributed by atoms with Crippen LogP contribution in [-0.4, -0.2) is 39.1 Å². The van der Waals surface area contributed by atoms with E-state index in [2.05, 4.69) is 15.4 Å². The van der Waals surface area contributed by atoms with Crippen LogP contribution in [0.25, 0.3) is 0 Å². The van der Waals surface area contributed by atoms with Crippen LogP contribution >= 0.6 is 0 Å².